The van der Waals surface area contributed by atoms with Gasteiger partial charge in [-0.25, -0.2) is 0 Å². The summed E-state index contributed by atoms with van der Waals surface area (Å²) in [5, 5.41) is 10.8. The minimum atomic E-state index is 0.0211. The number of nitrogens with one attached hydrogen (secondary N) is 1. The molecule has 1 N–H and O–H groups in total. The first-order valence-corrected chi connectivity index (χ1v) is 4.52. The molecule has 0 aromatic carbocycles. The highest BCUT2D eigenvalue weighted by molar-refractivity contribution is 5.72. The Morgan fingerprint density at radius 2 is 2.08 bits per heavy atom. The lowest BCUT2D eigenvalue weighted by Crippen LogP contribution is -2.20. The smallest absolute Gasteiger partial charge is 0.286 e. The molecule has 1 amide bonds. The van der Waals surface area contributed by atoms with Gasteiger partial charge in [-0.05, 0) is 19.3 Å². The van der Waals surface area contributed by atoms with E-state index in [1.165, 1.54) is 6.92 Å². The highest BCUT2D eigenvalue weighted by Crippen LogP contribution is 1.98. The van der Waals surface area contributed by atoms with E-state index in [1.54, 1.807) is 6.26 Å². The van der Waals surface area contributed by atoms with Crippen molar-refractivity contribution in [2.75, 3.05) is 13.2 Å². The molecule has 0 aliphatic rings. The molecule has 0 aromatic rings. The van der Waals surface area contributed by atoms with Crippen LogP contribution in [0.1, 0.15) is 32.6 Å². The molecule has 4 nitrogen and oxygen atoms in total. The lowest BCUT2D eigenvalue weighted by Gasteiger charge is -2.01. The van der Waals surface area contributed by atoms with Gasteiger partial charge in [-0.2, -0.15) is 5.26 Å². The molecule has 0 radical (unpaired) electrons. The number of rotatable bonds is 7. The molecular weight excluding hydrogens is 168 g/mol. The number of hydrogen-bond acceptors (Lipinski definition) is 3. The summed E-state index contributed by atoms with van der Waals surface area (Å²) in [4.78, 5) is 10.5. The third-order valence-electron chi connectivity index (χ3n) is 1.61. The van der Waals surface area contributed by atoms with E-state index in [1.807, 2.05) is 0 Å². The third kappa shape index (κ3) is 10.8. The fourth-order valence-electron chi connectivity index (χ4n) is 0.963. The maximum atomic E-state index is 10.5. The van der Waals surface area contributed by atoms with E-state index in [9.17, 15) is 4.79 Å². The number of carbonyl (C=O) groups excluding carboxylic acids is 1. The van der Waals surface area contributed by atoms with Crippen LogP contribution >= 0.6 is 0 Å². The number of amides is 1. The normalized spacial score (nSPS) is 8.92. The van der Waals surface area contributed by atoms with Gasteiger partial charge in [0.1, 0.15) is 6.61 Å². The van der Waals surface area contributed by atoms with Crippen molar-refractivity contribution in [3.8, 4) is 6.26 Å². The van der Waals surface area contributed by atoms with Crippen LogP contribution in [0.4, 0.5) is 0 Å². The van der Waals surface area contributed by atoms with Crippen LogP contribution in [0.2, 0.25) is 0 Å². The Morgan fingerprint density at radius 3 is 2.69 bits per heavy atom. The van der Waals surface area contributed by atoms with Gasteiger partial charge < -0.3 is 10.1 Å². The van der Waals surface area contributed by atoms with Crippen LogP contribution in [0.3, 0.4) is 0 Å². The molecule has 0 saturated carbocycles. The van der Waals surface area contributed by atoms with E-state index in [0.29, 0.717) is 6.61 Å². The first kappa shape index (κ1) is 11.8. The highest BCUT2D eigenvalue weighted by Gasteiger charge is 1.92. The van der Waals surface area contributed by atoms with Crippen molar-refractivity contribution in [1.82, 2.24) is 5.32 Å². The topological polar surface area (TPSA) is 62.1 Å². The molecule has 0 aliphatic carbocycles. The summed E-state index contributed by atoms with van der Waals surface area (Å²) in [7, 11) is 0. The van der Waals surface area contributed by atoms with Gasteiger partial charge in [-0.15, -0.1) is 0 Å². The Bertz CT molecular complexity index is 175. The molecule has 0 spiro atoms. The fraction of sp³-hybridized carbons (Fsp3) is 0.778. The molecule has 4 heteroatoms. The van der Waals surface area contributed by atoms with Crippen molar-refractivity contribution >= 4 is 5.91 Å². The van der Waals surface area contributed by atoms with E-state index >= 15 is 0 Å². The summed E-state index contributed by atoms with van der Waals surface area (Å²) in [5.41, 5.74) is 0. The van der Waals surface area contributed by atoms with Crippen molar-refractivity contribution in [3.05, 3.63) is 0 Å². The SMILES string of the molecule is CC(=O)NCCCCCCOC#N. The Kier molecular flexibility index (Phi) is 8.01. The van der Waals surface area contributed by atoms with Crippen LogP contribution < -0.4 is 5.32 Å². The largest absolute Gasteiger partial charge is 0.428 e. The molecule has 0 atom stereocenters. The number of nitriles is 1. The molecule has 0 aliphatic heterocycles. The number of ether oxygens (including phenoxy) is 1. The Labute approximate surface area is 78.9 Å². The maximum absolute atomic E-state index is 10.5. The van der Waals surface area contributed by atoms with Crippen LogP contribution in [-0.2, 0) is 9.53 Å². The summed E-state index contributed by atoms with van der Waals surface area (Å²) >= 11 is 0. The second kappa shape index (κ2) is 8.85. The molecule has 13 heavy (non-hydrogen) atoms. The lowest BCUT2D eigenvalue weighted by atomic mass is 10.2. The summed E-state index contributed by atoms with van der Waals surface area (Å²) in [6.45, 7) is 2.77. The van der Waals surface area contributed by atoms with Crippen molar-refractivity contribution in [2.24, 2.45) is 0 Å². The highest BCUT2D eigenvalue weighted by atomic mass is 16.5. The van der Waals surface area contributed by atoms with Crippen LogP contribution in [-0.4, -0.2) is 19.1 Å². The molecule has 0 unspecified atom stereocenters. The van der Waals surface area contributed by atoms with E-state index in [0.717, 1.165) is 32.2 Å². The van der Waals surface area contributed by atoms with Gasteiger partial charge in [0.2, 0.25) is 5.91 Å². The number of carbonyl (C=O) groups is 1. The number of unbranched alkanes of at least 4 members (excludes halogenated alkanes) is 3. The molecule has 74 valence electrons. The average molecular weight is 184 g/mol. The standard InChI is InChI=1S/C9H16N2O2/c1-9(12)11-6-4-2-3-5-7-13-8-10/h2-7H2,1H3,(H,11,12). The van der Waals surface area contributed by atoms with Gasteiger partial charge in [0.25, 0.3) is 6.26 Å². The molecule has 0 saturated heterocycles. The predicted octanol–water partition coefficient (Wildman–Crippen LogP) is 1.18. The second-order valence-corrected chi connectivity index (χ2v) is 2.84. The minimum absolute atomic E-state index is 0.0211. The molecule has 0 rings (SSSR count). The van der Waals surface area contributed by atoms with Crippen molar-refractivity contribution < 1.29 is 9.53 Å². The van der Waals surface area contributed by atoms with Crippen LogP contribution in [0.15, 0.2) is 0 Å². The summed E-state index contributed by atoms with van der Waals surface area (Å²) < 4.78 is 4.51. The van der Waals surface area contributed by atoms with E-state index in [-0.39, 0.29) is 5.91 Å². The lowest BCUT2D eigenvalue weighted by molar-refractivity contribution is -0.118. The molecule has 0 fully saturated rings. The summed E-state index contributed by atoms with van der Waals surface area (Å²) in [6, 6.07) is 0. The zero-order valence-electron chi connectivity index (χ0n) is 8.01. The monoisotopic (exact) mass is 184 g/mol. The van der Waals surface area contributed by atoms with E-state index in [4.69, 9.17) is 5.26 Å². The van der Waals surface area contributed by atoms with Crippen molar-refractivity contribution in [2.45, 2.75) is 32.6 Å². The number of hydrogen-bond donors (Lipinski definition) is 1. The van der Waals surface area contributed by atoms with E-state index < -0.39 is 0 Å². The van der Waals surface area contributed by atoms with Gasteiger partial charge in [0.05, 0.1) is 0 Å². The fourth-order valence-corrected chi connectivity index (χ4v) is 0.963. The second-order valence-electron chi connectivity index (χ2n) is 2.84. The van der Waals surface area contributed by atoms with Gasteiger partial charge in [-0.1, -0.05) is 6.42 Å². The zero-order valence-corrected chi connectivity index (χ0v) is 8.01. The molecular formula is C9H16N2O2. The Balaban J connectivity index is 2.92. The van der Waals surface area contributed by atoms with Gasteiger partial charge >= 0.3 is 0 Å². The molecule has 0 heterocycles. The first-order chi connectivity index (χ1) is 6.27. The van der Waals surface area contributed by atoms with Gasteiger partial charge in [0.15, 0.2) is 0 Å². The van der Waals surface area contributed by atoms with Crippen LogP contribution in [0, 0.1) is 11.5 Å². The summed E-state index contributed by atoms with van der Waals surface area (Å²) in [5.74, 6) is 0.0211. The minimum Gasteiger partial charge on any atom is -0.428 e. The maximum Gasteiger partial charge on any atom is 0.286 e. The average Bonchev–Trinajstić information content (AvgIpc) is 2.09. The molecule has 0 bridgehead atoms. The quantitative estimate of drug-likeness (QED) is 0.477. The van der Waals surface area contributed by atoms with Gasteiger partial charge in [-0.3, -0.25) is 4.79 Å². The van der Waals surface area contributed by atoms with Crippen molar-refractivity contribution in [1.29, 1.82) is 5.26 Å². The van der Waals surface area contributed by atoms with Crippen molar-refractivity contribution in [3.63, 3.8) is 0 Å². The zero-order chi connectivity index (χ0) is 9.94. The Morgan fingerprint density at radius 1 is 1.38 bits per heavy atom. The third-order valence-corrected chi connectivity index (χ3v) is 1.61. The summed E-state index contributed by atoms with van der Waals surface area (Å²) in [6.07, 6.45) is 5.64. The first-order valence-electron chi connectivity index (χ1n) is 4.52. The molecule has 0 aromatic heterocycles. The van der Waals surface area contributed by atoms with Gasteiger partial charge in [0, 0.05) is 13.5 Å². The van der Waals surface area contributed by atoms with Crippen LogP contribution in [0.5, 0.6) is 0 Å². The Hall–Kier alpha value is -1.24. The van der Waals surface area contributed by atoms with Crippen LogP contribution in [0.25, 0.3) is 0 Å². The van der Waals surface area contributed by atoms with E-state index in [2.05, 4.69) is 10.1 Å². The predicted molar refractivity (Wildman–Crippen MR) is 48.7 cm³/mol. The number of nitrogens with zero attached hydrogens (tertiary/aromatic N) is 1.